The van der Waals surface area contributed by atoms with Gasteiger partial charge in [0.1, 0.15) is 17.4 Å². The number of benzene rings is 1. The second-order valence-corrected chi connectivity index (χ2v) is 4.46. The van der Waals surface area contributed by atoms with Crippen LogP contribution in [-0.4, -0.2) is 10.1 Å². The number of aliphatic hydroxyl groups is 1. The van der Waals surface area contributed by atoms with E-state index in [0.717, 1.165) is 5.39 Å². The van der Waals surface area contributed by atoms with E-state index in [9.17, 15) is 5.11 Å². The van der Waals surface area contributed by atoms with Crippen LogP contribution in [0.4, 0.5) is 0 Å². The molecule has 2 heterocycles. The van der Waals surface area contributed by atoms with Crippen molar-refractivity contribution in [3.8, 4) is 0 Å². The van der Waals surface area contributed by atoms with Crippen LogP contribution in [0.5, 0.6) is 0 Å². The first-order valence-corrected chi connectivity index (χ1v) is 5.89. The van der Waals surface area contributed by atoms with Gasteiger partial charge >= 0.3 is 0 Å². The van der Waals surface area contributed by atoms with Gasteiger partial charge in [-0.3, -0.25) is 4.98 Å². The average molecular weight is 260 g/mol. The Balaban J connectivity index is 2.04. The molecule has 0 fully saturated rings. The zero-order valence-corrected chi connectivity index (χ0v) is 10.1. The van der Waals surface area contributed by atoms with Crippen LogP contribution >= 0.6 is 11.6 Å². The van der Waals surface area contributed by atoms with Gasteiger partial charge in [0.25, 0.3) is 0 Å². The summed E-state index contributed by atoms with van der Waals surface area (Å²) in [4.78, 5) is 3.98. The van der Waals surface area contributed by atoms with Crippen molar-refractivity contribution in [1.82, 2.24) is 4.98 Å². The minimum Gasteiger partial charge on any atom is -0.458 e. The molecule has 0 saturated carbocycles. The van der Waals surface area contributed by atoms with E-state index in [1.54, 1.807) is 48.8 Å². The van der Waals surface area contributed by atoms with Crippen LogP contribution in [0.1, 0.15) is 17.4 Å². The quantitative estimate of drug-likeness (QED) is 0.765. The van der Waals surface area contributed by atoms with E-state index in [1.807, 2.05) is 0 Å². The van der Waals surface area contributed by atoms with Crippen molar-refractivity contribution >= 4 is 22.6 Å². The summed E-state index contributed by atoms with van der Waals surface area (Å²) < 4.78 is 5.60. The normalized spacial score (nSPS) is 12.8. The number of fused-ring (bicyclic) bond motifs is 1. The lowest BCUT2D eigenvalue weighted by Gasteiger charge is -2.06. The SMILES string of the molecule is OC(c1cccnc1)c1cc2cc(Cl)ccc2o1. The van der Waals surface area contributed by atoms with E-state index < -0.39 is 6.10 Å². The number of hydrogen-bond donors (Lipinski definition) is 1. The summed E-state index contributed by atoms with van der Waals surface area (Å²) in [5, 5.41) is 11.7. The van der Waals surface area contributed by atoms with E-state index in [0.29, 0.717) is 21.9 Å². The lowest BCUT2D eigenvalue weighted by Crippen LogP contribution is -1.97. The topological polar surface area (TPSA) is 46.3 Å². The smallest absolute Gasteiger partial charge is 0.138 e. The monoisotopic (exact) mass is 259 g/mol. The Morgan fingerprint density at radius 1 is 1.22 bits per heavy atom. The molecule has 0 aliphatic heterocycles. The van der Waals surface area contributed by atoms with Gasteiger partial charge in [-0.05, 0) is 30.3 Å². The van der Waals surface area contributed by atoms with E-state index in [-0.39, 0.29) is 0 Å². The van der Waals surface area contributed by atoms with Gasteiger partial charge in [-0.2, -0.15) is 0 Å². The van der Waals surface area contributed by atoms with Crippen molar-refractivity contribution < 1.29 is 9.52 Å². The molecule has 1 N–H and O–H groups in total. The molecule has 1 unspecified atom stereocenters. The number of hydrogen-bond acceptors (Lipinski definition) is 3. The molecular weight excluding hydrogens is 250 g/mol. The molecule has 3 aromatic rings. The number of rotatable bonds is 2. The van der Waals surface area contributed by atoms with Crippen molar-refractivity contribution in [3.05, 3.63) is 65.1 Å². The summed E-state index contributed by atoms with van der Waals surface area (Å²) in [6.45, 7) is 0. The van der Waals surface area contributed by atoms with E-state index in [2.05, 4.69) is 4.98 Å². The molecule has 0 saturated heterocycles. The van der Waals surface area contributed by atoms with Crippen LogP contribution in [0, 0.1) is 0 Å². The number of aliphatic hydroxyl groups excluding tert-OH is 1. The zero-order chi connectivity index (χ0) is 12.5. The molecule has 0 bridgehead atoms. The average Bonchev–Trinajstić information content (AvgIpc) is 2.81. The predicted molar refractivity (Wildman–Crippen MR) is 69.5 cm³/mol. The summed E-state index contributed by atoms with van der Waals surface area (Å²) in [6.07, 6.45) is 2.46. The Morgan fingerprint density at radius 2 is 2.11 bits per heavy atom. The summed E-state index contributed by atoms with van der Waals surface area (Å²) in [5.74, 6) is 0.486. The minimum atomic E-state index is -0.815. The third-order valence-corrected chi connectivity index (χ3v) is 3.00. The van der Waals surface area contributed by atoms with Crippen LogP contribution in [0.15, 0.2) is 53.2 Å². The molecule has 2 aromatic heterocycles. The molecule has 1 atom stereocenters. The largest absolute Gasteiger partial charge is 0.458 e. The summed E-state index contributed by atoms with van der Waals surface area (Å²) in [7, 11) is 0. The second-order valence-electron chi connectivity index (χ2n) is 4.02. The predicted octanol–water partition coefficient (Wildman–Crippen LogP) is 3.56. The van der Waals surface area contributed by atoms with Gasteiger partial charge in [-0.15, -0.1) is 0 Å². The highest BCUT2D eigenvalue weighted by Crippen LogP contribution is 2.29. The summed E-state index contributed by atoms with van der Waals surface area (Å²) >= 11 is 5.91. The summed E-state index contributed by atoms with van der Waals surface area (Å²) in [5.41, 5.74) is 1.40. The molecular formula is C14H10ClNO2. The van der Waals surface area contributed by atoms with Gasteiger partial charge in [0, 0.05) is 28.4 Å². The third kappa shape index (κ3) is 1.98. The Kier molecular flexibility index (Phi) is 2.78. The number of halogens is 1. The number of aromatic nitrogens is 1. The van der Waals surface area contributed by atoms with Gasteiger partial charge in [0.2, 0.25) is 0 Å². The fourth-order valence-electron chi connectivity index (χ4n) is 1.87. The maximum atomic E-state index is 10.2. The van der Waals surface area contributed by atoms with Crippen molar-refractivity contribution in [3.63, 3.8) is 0 Å². The van der Waals surface area contributed by atoms with Crippen LogP contribution < -0.4 is 0 Å². The fourth-order valence-corrected chi connectivity index (χ4v) is 2.05. The van der Waals surface area contributed by atoms with Crippen molar-refractivity contribution in [1.29, 1.82) is 0 Å². The van der Waals surface area contributed by atoms with Crippen LogP contribution in [-0.2, 0) is 0 Å². The fraction of sp³-hybridized carbons (Fsp3) is 0.0714. The number of nitrogens with zero attached hydrogens (tertiary/aromatic N) is 1. The van der Waals surface area contributed by atoms with Crippen molar-refractivity contribution in [2.75, 3.05) is 0 Å². The molecule has 0 spiro atoms. The molecule has 0 amide bonds. The highest BCUT2D eigenvalue weighted by molar-refractivity contribution is 6.31. The molecule has 90 valence electrons. The van der Waals surface area contributed by atoms with Crippen LogP contribution in [0.25, 0.3) is 11.0 Å². The first-order chi connectivity index (χ1) is 8.74. The molecule has 3 rings (SSSR count). The van der Waals surface area contributed by atoms with Crippen molar-refractivity contribution in [2.45, 2.75) is 6.10 Å². The van der Waals surface area contributed by atoms with Crippen molar-refractivity contribution in [2.24, 2.45) is 0 Å². The maximum absolute atomic E-state index is 10.2. The highest BCUT2D eigenvalue weighted by atomic mass is 35.5. The zero-order valence-electron chi connectivity index (χ0n) is 9.38. The van der Waals surface area contributed by atoms with E-state index >= 15 is 0 Å². The second kappa shape index (κ2) is 4.44. The van der Waals surface area contributed by atoms with E-state index in [4.69, 9.17) is 16.0 Å². The van der Waals surface area contributed by atoms with E-state index in [1.165, 1.54) is 0 Å². The Labute approximate surface area is 109 Å². The molecule has 0 aliphatic rings. The first kappa shape index (κ1) is 11.3. The Morgan fingerprint density at radius 3 is 2.89 bits per heavy atom. The maximum Gasteiger partial charge on any atom is 0.138 e. The van der Waals surface area contributed by atoms with Gasteiger partial charge in [-0.1, -0.05) is 17.7 Å². The molecule has 0 radical (unpaired) electrons. The van der Waals surface area contributed by atoms with Gasteiger partial charge in [0.15, 0.2) is 0 Å². The van der Waals surface area contributed by atoms with Gasteiger partial charge in [-0.25, -0.2) is 0 Å². The molecule has 18 heavy (non-hydrogen) atoms. The van der Waals surface area contributed by atoms with Crippen LogP contribution in [0.2, 0.25) is 5.02 Å². The summed E-state index contributed by atoms with van der Waals surface area (Å²) in [6, 6.07) is 10.7. The number of furan rings is 1. The Bertz CT molecular complexity index is 679. The highest BCUT2D eigenvalue weighted by Gasteiger charge is 2.15. The molecule has 4 heteroatoms. The Hall–Kier alpha value is -1.84. The third-order valence-electron chi connectivity index (χ3n) is 2.77. The van der Waals surface area contributed by atoms with Gasteiger partial charge < -0.3 is 9.52 Å². The molecule has 0 aliphatic carbocycles. The lowest BCUT2D eigenvalue weighted by atomic mass is 10.1. The van der Waals surface area contributed by atoms with Gasteiger partial charge in [0.05, 0.1) is 0 Å². The lowest BCUT2D eigenvalue weighted by molar-refractivity contribution is 0.192. The van der Waals surface area contributed by atoms with Crippen LogP contribution in [0.3, 0.4) is 0 Å². The molecule has 1 aromatic carbocycles. The molecule has 3 nitrogen and oxygen atoms in total. The number of pyridine rings is 1. The standard InChI is InChI=1S/C14H10ClNO2/c15-11-3-4-12-10(6-11)7-13(18-12)14(17)9-2-1-5-16-8-9/h1-8,14,17H. The first-order valence-electron chi connectivity index (χ1n) is 5.51. The minimum absolute atomic E-state index is 0.486.